The Kier molecular flexibility index (Phi) is 0.910. The molecule has 0 saturated heterocycles. The number of aromatic nitrogens is 1. The first kappa shape index (κ1) is 5.82. The number of hydrogen-bond donors (Lipinski definition) is 0. The lowest BCUT2D eigenvalue weighted by atomic mass is 10.4. The quantitative estimate of drug-likeness (QED) is 0.506. The van der Waals surface area contributed by atoms with Gasteiger partial charge in [0.1, 0.15) is 17.4 Å². The summed E-state index contributed by atoms with van der Waals surface area (Å²) in [7, 11) is 0. The number of pyridine rings is 1. The van der Waals surface area contributed by atoms with Gasteiger partial charge >= 0.3 is 0 Å². The SMILES string of the molecule is C1=Nc2cnc3c(c2=N1)=NCO3. The van der Waals surface area contributed by atoms with Crippen LogP contribution in [0.1, 0.15) is 0 Å². The zero-order chi connectivity index (χ0) is 7.97. The Hall–Kier alpha value is -1.78. The van der Waals surface area contributed by atoms with Crippen LogP contribution in [0.3, 0.4) is 0 Å². The second-order valence-electron chi connectivity index (χ2n) is 2.45. The van der Waals surface area contributed by atoms with Crippen molar-refractivity contribution in [3.05, 3.63) is 16.9 Å². The van der Waals surface area contributed by atoms with Gasteiger partial charge in [-0.05, 0) is 0 Å². The summed E-state index contributed by atoms with van der Waals surface area (Å²) in [5.41, 5.74) is 0.767. The van der Waals surface area contributed by atoms with Crippen LogP contribution in [0.4, 0.5) is 5.69 Å². The van der Waals surface area contributed by atoms with E-state index in [1.165, 1.54) is 6.34 Å². The van der Waals surface area contributed by atoms with Crippen molar-refractivity contribution in [1.29, 1.82) is 0 Å². The summed E-state index contributed by atoms with van der Waals surface area (Å²) in [6, 6.07) is 0. The topological polar surface area (TPSA) is 59.2 Å². The van der Waals surface area contributed by atoms with E-state index < -0.39 is 0 Å². The Morgan fingerprint density at radius 2 is 2.33 bits per heavy atom. The van der Waals surface area contributed by atoms with Gasteiger partial charge in [-0.1, -0.05) is 0 Å². The lowest BCUT2D eigenvalue weighted by molar-refractivity contribution is 0.340. The van der Waals surface area contributed by atoms with Gasteiger partial charge in [-0.25, -0.2) is 20.0 Å². The van der Waals surface area contributed by atoms with Gasteiger partial charge in [-0.2, -0.15) is 0 Å². The van der Waals surface area contributed by atoms with Crippen molar-refractivity contribution < 1.29 is 4.74 Å². The van der Waals surface area contributed by atoms with Crippen LogP contribution < -0.4 is 15.5 Å². The molecule has 5 nitrogen and oxygen atoms in total. The summed E-state index contributed by atoms with van der Waals surface area (Å²) in [6.07, 6.45) is 3.14. The third-order valence-electron chi connectivity index (χ3n) is 1.78. The summed E-state index contributed by atoms with van der Waals surface area (Å²) in [5.74, 6) is 0.558. The number of nitrogens with zero attached hydrogens (tertiary/aromatic N) is 4. The van der Waals surface area contributed by atoms with Gasteiger partial charge in [0.05, 0.1) is 6.20 Å². The Morgan fingerprint density at radius 1 is 1.33 bits per heavy atom. The van der Waals surface area contributed by atoms with E-state index >= 15 is 0 Å². The van der Waals surface area contributed by atoms with Gasteiger partial charge in [0.15, 0.2) is 12.1 Å². The zero-order valence-electron chi connectivity index (χ0n) is 6.06. The molecule has 3 rings (SSSR count). The van der Waals surface area contributed by atoms with Gasteiger partial charge in [-0.15, -0.1) is 0 Å². The van der Waals surface area contributed by atoms with Crippen LogP contribution in [0, 0.1) is 0 Å². The third-order valence-corrected chi connectivity index (χ3v) is 1.78. The van der Waals surface area contributed by atoms with Crippen LogP contribution in [0.5, 0.6) is 5.88 Å². The Balaban J connectivity index is 2.54. The molecule has 0 amide bonds. The van der Waals surface area contributed by atoms with E-state index in [1.54, 1.807) is 6.20 Å². The second-order valence-corrected chi connectivity index (χ2v) is 2.45. The predicted octanol–water partition coefficient (Wildman–Crippen LogP) is -0.656. The number of hydrogen-bond acceptors (Lipinski definition) is 5. The van der Waals surface area contributed by atoms with Crippen molar-refractivity contribution in [2.75, 3.05) is 6.73 Å². The number of fused-ring (bicyclic) bond motifs is 3. The minimum Gasteiger partial charge on any atom is -0.453 e. The van der Waals surface area contributed by atoms with Crippen molar-refractivity contribution in [3.8, 4) is 5.88 Å². The van der Waals surface area contributed by atoms with E-state index in [0.29, 0.717) is 12.6 Å². The van der Waals surface area contributed by atoms with Crippen LogP contribution in [-0.2, 0) is 0 Å². The van der Waals surface area contributed by atoms with Gasteiger partial charge in [-0.3, -0.25) is 0 Å². The minimum absolute atomic E-state index is 0.342. The molecule has 1 aromatic rings. The van der Waals surface area contributed by atoms with Crippen molar-refractivity contribution in [1.82, 2.24) is 4.98 Å². The highest BCUT2D eigenvalue weighted by Gasteiger charge is 2.12. The second kappa shape index (κ2) is 1.88. The van der Waals surface area contributed by atoms with E-state index in [-0.39, 0.29) is 0 Å². The molecule has 2 aliphatic rings. The van der Waals surface area contributed by atoms with Crippen molar-refractivity contribution in [2.45, 2.75) is 0 Å². The van der Waals surface area contributed by atoms with Crippen LogP contribution >= 0.6 is 0 Å². The Bertz CT molecular complexity index is 491. The molecule has 0 aromatic carbocycles. The fourth-order valence-electron chi connectivity index (χ4n) is 1.24. The lowest BCUT2D eigenvalue weighted by Crippen LogP contribution is -2.23. The Morgan fingerprint density at radius 3 is 3.33 bits per heavy atom. The Labute approximate surface area is 67.2 Å². The largest absolute Gasteiger partial charge is 0.453 e. The normalized spacial score (nSPS) is 16.0. The predicted molar refractivity (Wildman–Crippen MR) is 40.2 cm³/mol. The smallest absolute Gasteiger partial charge is 0.243 e. The summed E-state index contributed by atoms with van der Waals surface area (Å²) in [4.78, 5) is 16.2. The van der Waals surface area contributed by atoms with Crippen LogP contribution in [0.2, 0.25) is 0 Å². The molecule has 3 heterocycles. The molecular formula is C7H4N4O. The highest BCUT2D eigenvalue weighted by atomic mass is 16.5. The minimum atomic E-state index is 0.342. The fourth-order valence-corrected chi connectivity index (χ4v) is 1.24. The average Bonchev–Trinajstić information content (AvgIpc) is 2.71. The van der Waals surface area contributed by atoms with E-state index in [4.69, 9.17) is 4.74 Å². The highest BCUT2D eigenvalue weighted by molar-refractivity contribution is 5.66. The number of rotatable bonds is 0. The molecular weight excluding hydrogens is 156 g/mol. The van der Waals surface area contributed by atoms with Crippen LogP contribution in [0.25, 0.3) is 0 Å². The molecule has 0 N–H and O–H groups in total. The first-order chi connectivity index (χ1) is 5.95. The number of aliphatic imine (C=N–C) groups is 1. The van der Waals surface area contributed by atoms with Gasteiger partial charge in [0.2, 0.25) is 5.88 Å². The molecule has 12 heavy (non-hydrogen) atoms. The molecule has 0 unspecified atom stereocenters. The van der Waals surface area contributed by atoms with Gasteiger partial charge < -0.3 is 4.74 Å². The molecule has 1 aromatic heterocycles. The number of ether oxygens (including phenoxy) is 1. The van der Waals surface area contributed by atoms with E-state index in [2.05, 4.69) is 20.0 Å². The summed E-state index contributed by atoms with van der Waals surface area (Å²) in [6.45, 7) is 0.342. The van der Waals surface area contributed by atoms with Crippen molar-refractivity contribution in [3.63, 3.8) is 0 Å². The standard InChI is InChI=1S/C7H4N4O/c1-4-5(10-2-9-4)6-7(8-1)12-3-11-6/h1-2H,3H2. The van der Waals surface area contributed by atoms with Crippen molar-refractivity contribution in [2.24, 2.45) is 15.0 Å². The van der Waals surface area contributed by atoms with Crippen LogP contribution in [-0.4, -0.2) is 18.1 Å². The first-order valence-electron chi connectivity index (χ1n) is 3.52. The molecule has 0 aliphatic carbocycles. The maximum Gasteiger partial charge on any atom is 0.243 e. The molecule has 0 spiro atoms. The maximum atomic E-state index is 5.13. The maximum absolute atomic E-state index is 5.13. The van der Waals surface area contributed by atoms with Crippen molar-refractivity contribution >= 4 is 12.0 Å². The summed E-state index contributed by atoms with van der Waals surface area (Å²) < 4.78 is 5.13. The molecule has 58 valence electrons. The molecule has 2 aliphatic heterocycles. The van der Waals surface area contributed by atoms with E-state index in [9.17, 15) is 0 Å². The summed E-state index contributed by atoms with van der Waals surface area (Å²) in [5, 5.41) is 1.50. The average molecular weight is 160 g/mol. The molecule has 0 saturated carbocycles. The molecule has 0 radical (unpaired) electrons. The molecule has 0 bridgehead atoms. The summed E-state index contributed by atoms with van der Waals surface area (Å²) >= 11 is 0. The van der Waals surface area contributed by atoms with Gasteiger partial charge in [0.25, 0.3) is 0 Å². The molecule has 0 fully saturated rings. The zero-order valence-corrected chi connectivity index (χ0v) is 6.06. The monoisotopic (exact) mass is 160 g/mol. The third kappa shape index (κ3) is 0.578. The lowest BCUT2D eigenvalue weighted by Gasteiger charge is -1.92. The molecule has 5 heteroatoms. The van der Waals surface area contributed by atoms with E-state index in [0.717, 1.165) is 16.4 Å². The highest BCUT2D eigenvalue weighted by Crippen LogP contribution is 2.08. The fraction of sp³-hybridized carbons (Fsp3) is 0.143. The molecule has 0 atom stereocenters. The first-order valence-corrected chi connectivity index (χ1v) is 3.52. The van der Waals surface area contributed by atoms with Gasteiger partial charge in [0, 0.05) is 0 Å². The van der Waals surface area contributed by atoms with Crippen LogP contribution in [0.15, 0.2) is 21.2 Å². The van der Waals surface area contributed by atoms with E-state index in [1.807, 2.05) is 0 Å².